The summed E-state index contributed by atoms with van der Waals surface area (Å²) < 4.78 is 48.6. The SMILES string of the molecule is Oc1cc2c(cc1C[NH+]1CCN(c3ccc(C(F)(F)F)c[nH+]3)CC1)OCO2. The number of alkyl halides is 3. The Kier molecular flexibility index (Phi) is 4.47. The van der Waals surface area contributed by atoms with Crippen molar-refractivity contribution in [3.63, 3.8) is 0 Å². The predicted octanol–water partition coefficient (Wildman–Crippen LogP) is 0.859. The summed E-state index contributed by atoms with van der Waals surface area (Å²) in [7, 11) is 0. The van der Waals surface area contributed by atoms with Gasteiger partial charge in [0, 0.05) is 12.1 Å². The number of rotatable bonds is 3. The van der Waals surface area contributed by atoms with Crippen LogP contribution in [0.2, 0.25) is 0 Å². The molecule has 2 aromatic rings. The lowest BCUT2D eigenvalue weighted by atomic mass is 10.1. The summed E-state index contributed by atoms with van der Waals surface area (Å²) in [4.78, 5) is 6.06. The maximum Gasteiger partial charge on any atom is 0.419 e. The average molecular weight is 383 g/mol. The molecule has 4 rings (SSSR count). The van der Waals surface area contributed by atoms with E-state index in [2.05, 4.69) is 4.98 Å². The lowest BCUT2D eigenvalue weighted by Crippen LogP contribution is -3.13. The molecule has 0 radical (unpaired) electrons. The molecule has 0 bridgehead atoms. The Morgan fingerprint density at radius 1 is 1.11 bits per heavy atom. The Morgan fingerprint density at radius 2 is 1.81 bits per heavy atom. The molecule has 6 nitrogen and oxygen atoms in total. The minimum atomic E-state index is -4.34. The van der Waals surface area contributed by atoms with Gasteiger partial charge >= 0.3 is 6.18 Å². The zero-order chi connectivity index (χ0) is 19.0. The Morgan fingerprint density at radius 3 is 2.44 bits per heavy atom. The van der Waals surface area contributed by atoms with Gasteiger partial charge in [-0.2, -0.15) is 13.2 Å². The van der Waals surface area contributed by atoms with E-state index in [-0.39, 0.29) is 12.5 Å². The number of nitrogens with zero attached hydrogens (tertiary/aromatic N) is 1. The number of piperazine rings is 1. The molecule has 0 amide bonds. The van der Waals surface area contributed by atoms with Crippen LogP contribution in [0.5, 0.6) is 17.2 Å². The summed E-state index contributed by atoms with van der Waals surface area (Å²) >= 11 is 0. The Bertz CT molecular complexity index is 819. The second-order valence-corrected chi connectivity index (χ2v) is 6.71. The average Bonchev–Trinajstić information content (AvgIpc) is 3.09. The van der Waals surface area contributed by atoms with Gasteiger partial charge in [0.25, 0.3) is 5.82 Å². The number of H-pyrrole nitrogens is 1. The molecule has 0 aliphatic carbocycles. The highest BCUT2D eigenvalue weighted by molar-refractivity contribution is 5.51. The minimum absolute atomic E-state index is 0.160. The molecule has 3 N–H and O–H groups in total. The van der Waals surface area contributed by atoms with Crippen molar-refractivity contribution in [3.8, 4) is 17.2 Å². The molecule has 144 valence electrons. The molecule has 2 aliphatic heterocycles. The van der Waals surface area contributed by atoms with Gasteiger partial charge in [0.2, 0.25) is 6.79 Å². The van der Waals surface area contributed by atoms with Crippen LogP contribution in [0.25, 0.3) is 0 Å². The lowest BCUT2D eigenvalue weighted by Gasteiger charge is -2.28. The molecule has 3 heterocycles. The molecule has 1 aromatic heterocycles. The monoisotopic (exact) mass is 383 g/mol. The van der Waals surface area contributed by atoms with Crippen LogP contribution in [0, 0.1) is 0 Å². The summed E-state index contributed by atoms with van der Waals surface area (Å²) in [6, 6.07) is 5.94. The quantitative estimate of drug-likeness (QED) is 0.826. The van der Waals surface area contributed by atoms with Crippen molar-refractivity contribution in [2.24, 2.45) is 0 Å². The maximum absolute atomic E-state index is 12.7. The van der Waals surface area contributed by atoms with Crippen LogP contribution in [0.4, 0.5) is 19.0 Å². The number of aromatic nitrogens is 1. The molecular formula is C18H20F3N3O3+2. The molecule has 1 aromatic carbocycles. The number of hydrogen-bond donors (Lipinski definition) is 2. The fraction of sp³-hybridized carbons (Fsp3) is 0.389. The molecule has 27 heavy (non-hydrogen) atoms. The third-order valence-corrected chi connectivity index (χ3v) is 4.95. The number of aromatic amines is 1. The second-order valence-electron chi connectivity index (χ2n) is 6.71. The molecule has 1 saturated heterocycles. The van der Waals surface area contributed by atoms with E-state index in [9.17, 15) is 18.3 Å². The zero-order valence-electron chi connectivity index (χ0n) is 14.5. The van der Waals surface area contributed by atoms with E-state index in [4.69, 9.17) is 9.47 Å². The van der Waals surface area contributed by atoms with Gasteiger partial charge in [0.15, 0.2) is 11.5 Å². The molecule has 0 unspecified atom stereocenters. The number of quaternary nitrogens is 1. The third kappa shape index (κ3) is 3.73. The Hall–Kier alpha value is -2.68. The molecule has 9 heteroatoms. The highest BCUT2D eigenvalue weighted by Gasteiger charge is 2.33. The van der Waals surface area contributed by atoms with Crippen LogP contribution < -0.4 is 24.3 Å². The van der Waals surface area contributed by atoms with Gasteiger partial charge in [-0.15, -0.1) is 0 Å². The van der Waals surface area contributed by atoms with Crippen LogP contribution in [0.15, 0.2) is 30.5 Å². The number of anilines is 1. The number of nitrogens with one attached hydrogen (secondary N) is 2. The van der Waals surface area contributed by atoms with Gasteiger partial charge in [-0.1, -0.05) is 0 Å². The van der Waals surface area contributed by atoms with Crippen LogP contribution in [0.1, 0.15) is 11.1 Å². The summed E-state index contributed by atoms with van der Waals surface area (Å²) in [5, 5.41) is 10.2. The van der Waals surface area contributed by atoms with Crippen molar-refractivity contribution >= 4 is 5.82 Å². The Balaban J connectivity index is 1.37. The van der Waals surface area contributed by atoms with Gasteiger partial charge < -0.3 is 19.5 Å². The van der Waals surface area contributed by atoms with Crippen molar-refractivity contribution in [2.75, 3.05) is 37.9 Å². The molecule has 1 fully saturated rings. The molecule has 0 atom stereocenters. The van der Waals surface area contributed by atoms with E-state index in [0.29, 0.717) is 37.0 Å². The molecule has 0 spiro atoms. The first-order valence-corrected chi connectivity index (χ1v) is 8.69. The third-order valence-electron chi connectivity index (χ3n) is 4.95. The van der Waals surface area contributed by atoms with Crippen molar-refractivity contribution < 1.29 is 37.6 Å². The van der Waals surface area contributed by atoms with E-state index in [1.54, 1.807) is 12.1 Å². The predicted molar refractivity (Wildman–Crippen MR) is 88.8 cm³/mol. The normalized spacial score (nSPS) is 17.4. The van der Waals surface area contributed by atoms with Gasteiger partial charge in [-0.25, -0.2) is 4.98 Å². The number of hydrogen-bond acceptors (Lipinski definition) is 4. The lowest BCUT2D eigenvalue weighted by molar-refractivity contribution is -0.914. The van der Waals surface area contributed by atoms with Gasteiger partial charge in [-0.3, -0.25) is 4.90 Å². The van der Waals surface area contributed by atoms with Crippen LogP contribution in [-0.2, 0) is 12.7 Å². The number of halogens is 3. The second kappa shape index (κ2) is 6.80. The summed E-state index contributed by atoms with van der Waals surface area (Å²) in [5.41, 5.74) is 0.109. The minimum Gasteiger partial charge on any atom is -0.507 e. The molecule has 2 aliphatic rings. The van der Waals surface area contributed by atoms with E-state index in [0.717, 1.165) is 30.9 Å². The zero-order valence-corrected chi connectivity index (χ0v) is 14.5. The first kappa shape index (κ1) is 17.7. The summed E-state index contributed by atoms with van der Waals surface area (Å²) in [6.07, 6.45) is -3.34. The summed E-state index contributed by atoms with van der Waals surface area (Å²) in [5.74, 6) is 2.05. The van der Waals surface area contributed by atoms with E-state index < -0.39 is 11.7 Å². The van der Waals surface area contributed by atoms with Gasteiger partial charge in [0.05, 0.1) is 11.1 Å². The maximum atomic E-state index is 12.7. The standard InChI is InChI=1S/C18H18F3N3O3/c19-18(20,21)13-1-2-17(22-9-13)24-5-3-23(4-6-24)10-12-7-15-16(8-14(12)25)27-11-26-15/h1-2,7-9,25H,3-6,10-11H2/p+2. The first-order valence-electron chi connectivity index (χ1n) is 8.69. The highest BCUT2D eigenvalue weighted by atomic mass is 19.4. The fourth-order valence-corrected chi connectivity index (χ4v) is 3.41. The van der Waals surface area contributed by atoms with Crippen LogP contribution >= 0.6 is 0 Å². The smallest absolute Gasteiger partial charge is 0.419 e. The van der Waals surface area contributed by atoms with Crippen LogP contribution in [-0.4, -0.2) is 38.1 Å². The van der Waals surface area contributed by atoms with Gasteiger partial charge in [0.1, 0.15) is 44.7 Å². The number of pyridine rings is 1. The molecule has 0 saturated carbocycles. The van der Waals surface area contributed by atoms with Crippen molar-refractivity contribution in [2.45, 2.75) is 12.7 Å². The number of phenols is 1. The first-order chi connectivity index (χ1) is 12.9. The summed E-state index contributed by atoms with van der Waals surface area (Å²) in [6.45, 7) is 3.84. The van der Waals surface area contributed by atoms with E-state index in [1.165, 1.54) is 11.0 Å². The number of phenolic OH excluding ortho intramolecular Hbond substituents is 1. The highest BCUT2D eigenvalue weighted by Crippen LogP contribution is 2.37. The molecular weight excluding hydrogens is 363 g/mol. The number of fused-ring (bicyclic) bond motifs is 1. The van der Waals surface area contributed by atoms with E-state index in [1.807, 2.05) is 4.90 Å². The topological polar surface area (TPSA) is 60.5 Å². The van der Waals surface area contributed by atoms with Crippen molar-refractivity contribution in [1.82, 2.24) is 0 Å². The number of ether oxygens (including phenoxy) is 2. The fourth-order valence-electron chi connectivity index (χ4n) is 3.41. The number of benzene rings is 1. The largest absolute Gasteiger partial charge is 0.507 e. The number of aromatic hydroxyl groups is 1. The van der Waals surface area contributed by atoms with Crippen molar-refractivity contribution in [3.05, 3.63) is 41.6 Å². The van der Waals surface area contributed by atoms with Gasteiger partial charge in [-0.05, 0) is 12.1 Å². The van der Waals surface area contributed by atoms with Crippen molar-refractivity contribution in [1.29, 1.82) is 0 Å². The van der Waals surface area contributed by atoms with E-state index >= 15 is 0 Å². The van der Waals surface area contributed by atoms with Crippen LogP contribution in [0.3, 0.4) is 0 Å². The Labute approximate surface area is 153 Å².